The summed E-state index contributed by atoms with van der Waals surface area (Å²) >= 11 is 1.76. The highest BCUT2D eigenvalue weighted by Crippen LogP contribution is 2.15. The summed E-state index contributed by atoms with van der Waals surface area (Å²) in [6.45, 7) is 3.71. The average Bonchev–Trinajstić information content (AvgIpc) is 2.27. The Morgan fingerprint density at radius 3 is 2.44 bits per heavy atom. The monoisotopic (exact) mass is 239 g/mol. The summed E-state index contributed by atoms with van der Waals surface area (Å²) in [5, 5.41) is 9.21. The van der Waals surface area contributed by atoms with Crippen LogP contribution in [0, 0.1) is 0 Å². The van der Waals surface area contributed by atoms with Gasteiger partial charge in [0.1, 0.15) is 0 Å². The summed E-state index contributed by atoms with van der Waals surface area (Å²) in [6.07, 6.45) is 2.71. The Labute approximate surface area is 103 Å². The van der Waals surface area contributed by atoms with Crippen molar-refractivity contribution in [1.82, 2.24) is 4.90 Å². The van der Waals surface area contributed by atoms with Crippen molar-refractivity contribution in [2.24, 2.45) is 0 Å². The van der Waals surface area contributed by atoms with Crippen LogP contribution in [0.4, 0.5) is 0 Å². The largest absolute Gasteiger partial charge is 0.393 e. The van der Waals surface area contributed by atoms with Crippen LogP contribution in [0.5, 0.6) is 0 Å². The maximum atomic E-state index is 9.21. The lowest BCUT2D eigenvalue weighted by Gasteiger charge is -2.17. The van der Waals surface area contributed by atoms with Crippen LogP contribution in [0.3, 0.4) is 0 Å². The first-order chi connectivity index (χ1) is 7.61. The molecule has 1 aromatic carbocycles. The van der Waals surface area contributed by atoms with Gasteiger partial charge in [0.15, 0.2) is 0 Å². The quantitative estimate of drug-likeness (QED) is 0.772. The molecule has 0 radical (unpaired) electrons. The molecule has 1 N–H and O–H groups in total. The molecule has 0 fully saturated rings. The lowest BCUT2D eigenvalue weighted by Crippen LogP contribution is -2.21. The molecule has 1 unspecified atom stereocenters. The van der Waals surface area contributed by atoms with Crippen LogP contribution in [0.2, 0.25) is 0 Å². The van der Waals surface area contributed by atoms with Crippen LogP contribution in [-0.4, -0.2) is 36.0 Å². The van der Waals surface area contributed by atoms with Gasteiger partial charge in [0.25, 0.3) is 0 Å². The molecule has 0 spiro atoms. The molecule has 2 nitrogen and oxygen atoms in total. The number of nitrogens with zero attached hydrogens (tertiary/aromatic N) is 1. The summed E-state index contributed by atoms with van der Waals surface area (Å²) in [5.74, 6) is 0. The van der Waals surface area contributed by atoms with Crippen molar-refractivity contribution in [2.45, 2.75) is 30.9 Å². The molecule has 0 aliphatic rings. The summed E-state index contributed by atoms with van der Waals surface area (Å²) in [6, 6.07) is 8.65. The van der Waals surface area contributed by atoms with Crippen LogP contribution in [0.15, 0.2) is 29.2 Å². The van der Waals surface area contributed by atoms with Gasteiger partial charge < -0.3 is 10.0 Å². The molecule has 1 atom stereocenters. The normalized spacial score (nSPS) is 13.1. The maximum Gasteiger partial charge on any atom is 0.0524 e. The summed E-state index contributed by atoms with van der Waals surface area (Å²) in [7, 11) is 2.09. The van der Waals surface area contributed by atoms with Gasteiger partial charge in [-0.05, 0) is 44.3 Å². The molecule has 3 heteroatoms. The fourth-order valence-corrected chi connectivity index (χ4v) is 1.94. The van der Waals surface area contributed by atoms with Gasteiger partial charge in [0.05, 0.1) is 6.10 Å². The van der Waals surface area contributed by atoms with Crippen LogP contribution in [-0.2, 0) is 6.54 Å². The Hall–Kier alpha value is -0.510. The van der Waals surface area contributed by atoms with E-state index in [1.165, 1.54) is 10.5 Å². The number of benzene rings is 1. The van der Waals surface area contributed by atoms with E-state index in [9.17, 15) is 5.11 Å². The average molecular weight is 239 g/mol. The Morgan fingerprint density at radius 1 is 1.31 bits per heavy atom. The smallest absolute Gasteiger partial charge is 0.0524 e. The lowest BCUT2D eigenvalue weighted by atomic mass is 10.2. The standard InChI is InChI=1S/C13H21NOS/c1-11(15)8-9-14(2)10-12-4-6-13(16-3)7-5-12/h4-7,11,15H,8-10H2,1-3H3. The molecule has 1 rings (SSSR count). The molecular weight excluding hydrogens is 218 g/mol. The molecule has 0 amide bonds. The van der Waals surface area contributed by atoms with Gasteiger partial charge in [-0.15, -0.1) is 11.8 Å². The Bertz CT molecular complexity index is 297. The van der Waals surface area contributed by atoms with Crippen molar-refractivity contribution in [3.8, 4) is 0 Å². The predicted octanol–water partition coefficient (Wildman–Crippen LogP) is 2.61. The summed E-state index contributed by atoms with van der Waals surface area (Å²) in [4.78, 5) is 3.54. The second-order valence-corrected chi connectivity index (χ2v) is 5.10. The van der Waals surface area contributed by atoms with E-state index in [-0.39, 0.29) is 6.10 Å². The van der Waals surface area contributed by atoms with Crippen molar-refractivity contribution in [1.29, 1.82) is 0 Å². The highest BCUT2D eigenvalue weighted by molar-refractivity contribution is 7.98. The SMILES string of the molecule is CSc1ccc(CN(C)CCC(C)O)cc1. The zero-order valence-corrected chi connectivity index (χ0v) is 11.1. The van der Waals surface area contributed by atoms with Gasteiger partial charge >= 0.3 is 0 Å². The third kappa shape index (κ3) is 5.01. The molecule has 0 aliphatic heterocycles. The number of thioether (sulfide) groups is 1. The van der Waals surface area contributed by atoms with Crippen molar-refractivity contribution in [3.05, 3.63) is 29.8 Å². The zero-order valence-electron chi connectivity index (χ0n) is 10.3. The molecule has 16 heavy (non-hydrogen) atoms. The predicted molar refractivity (Wildman–Crippen MR) is 70.9 cm³/mol. The topological polar surface area (TPSA) is 23.5 Å². The van der Waals surface area contributed by atoms with Crippen LogP contribution < -0.4 is 0 Å². The summed E-state index contributed by atoms with van der Waals surface area (Å²) in [5.41, 5.74) is 1.32. The van der Waals surface area contributed by atoms with Crippen LogP contribution in [0.25, 0.3) is 0 Å². The molecule has 0 aliphatic carbocycles. The second-order valence-electron chi connectivity index (χ2n) is 4.22. The molecule has 90 valence electrons. The van der Waals surface area contributed by atoms with E-state index in [4.69, 9.17) is 0 Å². The molecule has 1 aromatic rings. The highest BCUT2D eigenvalue weighted by Gasteiger charge is 2.02. The van der Waals surface area contributed by atoms with Crippen LogP contribution in [0.1, 0.15) is 18.9 Å². The van der Waals surface area contributed by atoms with Crippen LogP contribution >= 0.6 is 11.8 Å². The third-order valence-corrected chi connectivity index (χ3v) is 3.28. The minimum Gasteiger partial charge on any atom is -0.393 e. The van der Waals surface area contributed by atoms with Gasteiger partial charge in [-0.25, -0.2) is 0 Å². The van der Waals surface area contributed by atoms with Gasteiger partial charge in [-0.3, -0.25) is 0 Å². The lowest BCUT2D eigenvalue weighted by molar-refractivity contribution is 0.163. The highest BCUT2D eigenvalue weighted by atomic mass is 32.2. The summed E-state index contributed by atoms with van der Waals surface area (Å²) < 4.78 is 0. The van der Waals surface area contributed by atoms with E-state index in [1.54, 1.807) is 11.8 Å². The zero-order chi connectivity index (χ0) is 12.0. The van der Waals surface area contributed by atoms with E-state index in [0.29, 0.717) is 0 Å². The van der Waals surface area contributed by atoms with Crippen molar-refractivity contribution < 1.29 is 5.11 Å². The first kappa shape index (κ1) is 13.6. The van der Waals surface area contributed by atoms with Crippen molar-refractivity contribution in [3.63, 3.8) is 0 Å². The minimum atomic E-state index is -0.207. The molecule has 0 bridgehead atoms. The van der Waals surface area contributed by atoms with Gasteiger partial charge in [-0.2, -0.15) is 0 Å². The van der Waals surface area contributed by atoms with E-state index in [0.717, 1.165) is 19.5 Å². The van der Waals surface area contributed by atoms with Gasteiger partial charge in [0, 0.05) is 18.0 Å². The molecular formula is C13H21NOS. The van der Waals surface area contributed by atoms with E-state index in [2.05, 4.69) is 42.5 Å². The molecule has 0 aromatic heterocycles. The van der Waals surface area contributed by atoms with E-state index < -0.39 is 0 Å². The fourth-order valence-electron chi connectivity index (χ4n) is 1.53. The van der Waals surface area contributed by atoms with Gasteiger partial charge in [-0.1, -0.05) is 12.1 Å². The van der Waals surface area contributed by atoms with E-state index >= 15 is 0 Å². The Balaban J connectivity index is 2.40. The Morgan fingerprint density at radius 2 is 1.94 bits per heavy atom. The van der Waals surface area contributed by atoms with Crippen molar-refractivity contribution >= 4 is 11.8 Å². The molecule has 0 saturated carbocycles. The fraction of sp³-hybridized carbons (Fsp3) is 0.538. The number of rotatable bonds is 6. The van der Waals surface area contributed by atoms with Crippen molar-refractivity contribution in [2.75, 3.05) is 19.8 Å². The van der Waals surface area contributed by atoms with E-state index in [1.807, 2.05) is 6.92 Å². The Kier molecular flexibility index (Phi) is 5.88. The number of aliphatic hydroxyl groups is 1. The third-order valence-electron chi connectivity index (χ3n) is 2.54. The molecule has 0 saturated heterocycles. The first-order valence-electron chi connectivity index (χ1n) is 5.61. The van der Waals surface area contributed by atoms with Gasteiger partial charge in [0.2, 0.25) is 0 Å². The number of hydrogen-bond donors (Lipinski definition) is 1. The molecule has 0 heterocycles. The first-order valence-corrected chi connectivity index (χ1v) is 6.84. The number of aliphatic hydroxyl groups excluding tert-OH is 1. The number of hydrogen-bond acceptors (Lipinski definition) is 3. The maximum absolute atomic E-state index is 9.21. The second kappa shape index (κ2) is 6.94. The minimum absolute atomic E-state index is 0.207.